The molecule has 20 heavy (non-hydrogen) atoms. The fourth-order valence-electron chi connectivity index (χ4n) is 1.76. The Balaban J connectivity index is 2.48. The van der Waals surface area contributed by atoms with Gasteiger partial charge < -0.3 is 4.90 Å². The zero-order valence-corrected chi connectivity index (χ0v) is 11.3. The number of benzene rings is 1. The van der Waals surface area contributed by atoms with Gasteiger partial charge in [-0.05, 0) is 19.1 Å². The van der Waals surface area contributed by atoms with Crippen LogP contribution in [0, 0.1) is 0 Å². The molecule has 0 aliphatic carbocycles. The molecule has 0 bridgehead atoms. The van der Waals surface area contributed by atoms with Crippen molar-refractivity contribution in [3.63, 3.8) is 0 Å². The van der Waals surface area contributed by atoms with E-state index in [4.69, 9.17) is 11.6 Å². The fourth-order valence-corrected chi connectivity index (χ4v) is 1.93. The van der Waals surface area contributed by atoms with Crippen LogP contribution in [0.3, 0.4) is 0 Å². The predicted molar refractivity (Wildman–Crippen MR) is 71.2 cm³/mol. The van der Waals surface area contributed by atoms with Crippen molar-refractivity contribution in [2.24, 2.45) is 0 Å². The maximum Gasteiger partial charge on any atom is 0.451 e. The van der Waals surface area contributed by atoms with Crippen LogP contribution in [0.4, 0.5) is 24.7 Å². The molecular weight excluding hydrogens is 291 g/mol. The largest absolute Gasteiger partial charge is 0.451 e. The molecule has 0 saturated carbocycles. The topological polar surface area (TPSA) is 29.0 Å². The van der Waals surface area contributed by atoms with E-state index in [1.165, 1.54) is 6.07 Å². The average Bonchev–Trinajstić information content (AvgIpc) is 2.39. The van der Waals surface area contributed by atoms with E-state index in [0.717, 1.165) is 5.69 Å². The number of halogens is 4. The minimum atomic E-state index is -4.63. The van der Waals surface area contributed by atoms with Crippen LogP contribution < -0.4 is 4.90 Å². The van der Waals surface area contributed by atoms with E-state index in [1.807, 2.05) is 13.0 Å². The first-order valence-electron chi connectivity index (χ1n) is 5.86. The Kier molecular flexibility index (Phi) is 4.13. The van der Waals surface area contributed by atoms with Crippen molar-refractivity contribution in [3.8, 4) is 0 Å². The minimum absolute atomic E-state index is 0.117. The van der Waals surface area contributed by atoms with E-state index in [1.54, 1.807) is 29.2 Å². The highest BCUT2D eigenvalue weighted by Crippen LogP contribution is 2.31. The standard InChI is InChI=1S/C13H11ClF3N3/c1-2-20(9-6-4-3-5-7-9)11-8-10(14)18-12(19-11)13(15,16)17/h3-8H,2H2,1H3. The second-order valence-electron chi connectivity index (χ2n) is 3.95. The first kappa shape index (κ1) is 14.6. The molecule has 3 nitrogen and oxygen atoms in total. The molecule has 7 heteroatoms. The number of anilines is 2. The smallest absolute Gasteiger partial charge is 0.327 e. The summed E-state index contributed by atoms with van der Waals surface area (Å²) in [5, 5.41) is -0.239. The van der Waals surface area contributed by atoms with Crippen molar-refractivity contribution >= 4 is 23.1 Å². The molecule has 0 atom stereocenters. The van der Waals surface area contributed by atoms with E-state index in [2.05, 4.69) is 9.97 Å². The van der Waals surface area contributed by atoms with Crippen LogP contribution in [-0.4, -0.2) is 16.5 Å². The third kappa shape index (κ3) is 3.19. The van der Waals surface area contributed by atoms with Crippen LogP contribution in [0.1, 0.15) is 12.7 Å². The molecule has 0 amide bonds. The van der Waals surface area contributed by atoms with Crippen LogP contribution >= 0.6 is 11.6 Å². The molecule has 2 aromatic rings. The number of hydrogen-bond donors (Lipinski definition) is 0. The van der Waals surface area contributed by atoms with E-state index in [-0.39, 0.29) is 11.0 Å². The van der Waals surface area contributed by atoms with E-state index in [0.29, 0.717) is 6.54 Å². The maximum atomic E-state index is 12.7. The number of rotatable bonds is 3. The average molecular weight is 302 g/mol. The molecule has 1 heterocycles. The van der Waals surface area contributed by atoms with Crippen LogP contribution in [0.5, 0.6) is 0 Å². The van der Waals surface area contributed by atoms with Crippen molar-refractivity contribution in [3.05, 3.63) is 47.4 Å². The number of alkyl halides is 3. The summed E-state index contributed by atoms with van der Waals surface area (Å²) in [5.74, 6) is -1.12. The Morgan fingerprint density at radius 3 is 2.35 bits per heavy atom. The zero-order valence-electron chi connectivity index (χ0n) is 10.5. The van der Waals surface area contributed by atoms with Gasteiger partial charge in [0.15, 0.2) is 0 Å². The quantitative estimate of drug-likeness (QED) is 0.791. The van der Waals surface area contributed by atoms with Crippen LogP contribution in [0.25, 0.3) is 0 Å². The first-order valence-corrected chi connectivity index (χ1v) is 6.24. The zero-order chi connectivity index (χ0) is 14.8. The van der Waals surface area contributed by atoms with Gasteiger partial charge in [0.05, 0.1) is 0 Å². The van der Waals surface area contributed by atoms with Gasteiger partial charge in [-0.1, -0.05) is 29.8 Å². The molecule has 1 aromatic carbocycles. The van der Waals surface area contributed by atoms with E-state index in [9.17, 15) is 13.2 Å². The Morgan fingerprint density at radius 1 is 1.15 bits per heavy atom. The van der Waals surface area contributed by atoms with Gasteiger partial charge in [0.2, 0.25) is 5.82 Å². The summed E-state index contributed by atoms with van der Waals surface area (Å²) < 4.78 is 38.1. The van der Waals surface area contributed by atoms with E-state index < -0.39 is 12.0 Å². The minimum Gasteiger partial charge on any atom is -0.327 e. The van der Waals surface area contributed by atoms with Gasteiger partial charge in [-0.2, -0.15) is 13.2 Å². The molecule has 0 N–H and O–H groups in total. The molecule has 0 unspecified atom stereocenters. The van der Waals surface area contributed by atoms with Gasteiger partial charge in [0.25, 0.3) is 0 Å². The molecule has 106 valence electrons. The van der Waals surface area contributed by atoms with Gasteiger partial charge in [0.1, 0.15) is 11.0 Å². The third-order valence-electron chi connectivity index (χ3n) is 2.60. The maximum absolute atomic E-state index is 12.7. The first-order chi connectivity index (χ1) is 9.41. The summed E-state index contributed by atoms with van der Waals surface area (Å²) in [6.07, 6.45) is -4.63. The Morgan fingerprint density at radius 2 is 1.80 bits per heavy atom. The SMILES string of the molecule is CCN(c1ccccc1)c1cc(Cl)nc(C(F)(F)F)n1. The van der Waals surface area contributed by atoms with Crippen molar-refractivity contribution in [2.75, 3.05) is 11.4 Å². The lowest BCUT2D eigenvalue weighted by molar-refractivity contribution is -0.144. The van der Waals surface area contributed by atoms with Crippen molar-refractivity contribution in [1.82, 2.24) is 9.97 Å². The van der Waals surface area contributed by atoms with Gasteiger partial charge in [-0.3, -0.25) is 0 Å². The second-order valence-corrected chi connectivity index (χ2v) is 4.34. The summed E-state index contributed by atoms with van der Waals surface area (Å²) in [6, 6.07) is 10.3. The highest BCUT2D eigenvalue weighted by atomic mass is 35.5. The molecule has 0 spiro atoms. The Bertz CT molecular complexity index is 587. The summed E-state index contributed by atoms with van der Waals surface area (Å²) in [4.78, 5) is 8.40. The molecule has 0 fully saturated rings. The summed E-state index contributed by atoms with van der Waals surface area (Å²) in [6.45, 7) is 2.27. The van der Waals surface area contributed by atoms with Gasteiger partial charge >= 0.3 is 6.18 Å². The van der Waals surface area contributed by atoms with Crippen molar-refractivity contribution in [2.45, 2.75) is 13.1 Å². The summed E-state index contributed by atoms with van der Waals surface area (Å²) in [7, 11) is 0. The van der Waals surface area contributed by atoms with Crippen molar-refractivity contribution in [1.29, 1.82) is 0 Å². The van der Waals surface area contributed by atoms with Crippen LogP contribution in [-0.2, 0) is 6.18 Å². The second kappa shape index (κ2) is 5.66. The fraction of sp³-hybridized carbons (Fsp3) is 0.231. The lowest BCUT2D eigenvalue weighted by Crippen LogP contribution is -2.20. The molecule has 0 aliphatic rings. The lowest BCUT2D eigenvalue weighted by atomic mass is 10.3. The molecular formula is C13H11ClF3N3. The van der Waals surface area contributed by atoms with E-state index >= 15 is 0 Å². The summed E-state index contributed by atoms with van der Waals surface area (Å²) >= 11 is 5.67. The predicted octanol–water partition coefficient (Wildman–Crippen LogP) is 4.31. The van der Waals surface area contributed by atoms with Gasteiger partial charge in [-0.25, -0.2) is 9.97 Å². The molecule has 0 aliphatic heterocycles. The molecule has 0 saturated heterocycles. The highest BCUT2D eigenvalue weighted by molar-refractivity contribution is 6.29. The number of hydrogen-bond acceptors (Lipinski definition) is 3. The lowest BCUT2D eigenvalue weighted by Gasteiger charge is -2.22. The van der Waals surface area contributed by atoms with Gasteiger partial charge in [0, 0.05) is 18.3 Å². The molecule has 0 radical (unpaired) electrons. The third-order valence-corrected chi connectivity index (χ3v) is 2.79. The van der Waals surface area contributed by atoms with Crippen LogP contribution in [0.2, 0.25) is 5.15 Å². The normalized spacial score (nSPS) is 11.4. The number of aromatic nitrogens is 2. The van der Waals surface area contributed by atoms with Gasteiger partial charge in [-0.15, -0.1) is 0 Å². The monoisotopic (exact) mass is 301 g/mol. The Hall–Kier alpha value is -1.82. The summed E-state index contributed by atoms with van der Waals surface area (Å²) in [5.41, 5.74) is 0.734. The number of nitrogens with zero attached hydrogens (tertiary/aromatic N) is 3. The van der Waals surface area contributed by atoms with Crippen molar-refractivity contribution < 1.29 is 13.2 Å². The highest BCUT2D eigenvalue weighted by Gasteiger charge is 2.35. The molecule has 1 aromatic heterocycles. The number of para-hydroxylation sites is 1. The van der Waals surface area contributed by atoms with Crippen LogP contribution in [0.15, 0.2) is 36.4 Å². The molecule has 2 rings (SSSR count). The Labute approximate surface area is 119 Å².